The summed E-state index contributed by atoms with van der Waals surface area (Å²) in [6, 6.07) is 16.4. The number of nitrogens with zero attached hydrogens (tertiary/aromatic N) is 1. The molecule has 8 heteroatoms. The van der Waals surface area contributed by atoms with Crippen LogP contribution in [0.1, 0.15) is 49.0 Å². The number of nitrogens with one attached hydrogen (secondary N) is 1. The number of hydrogen-bond acceptors (Lipinski definition) is 7. The Kier molecular flexibility index (Phi) is 10.3. The van der Waals surface area contributed by atoms with Gasteiger partial charge in [0.05, 0.1) is 20.3 Å². The van der Waals surface area contributed by atoms with Crippen LogP contribution in [-0.2, 0) is 9.53 Å². The van der Waals surface area contributed by atoms with Crippen LogP contribution in [0, 0.1) is 11.3 Å². The maximum absolute atomic E-state index is 13.0. The smallest absolute Gasteiger partial charge is 0.341 e. The highest BCUT2D eigenvalue weighted by molar-refractivity contribution is 7.15. The highest BCUT2D eigenvalue weighted by atomic mass is 32.1. The van der Waals surface area contributed by atoms with E-state index in [0.717, 1.165) is 30.6 Å². The maximum atomic E-state index is 13.0. The van der Waals surface area contributed by atoms with Gasteiger partial charge in [-0.3, -0.25) is 4.79 Å². The van der Waals surface area contributed by atoms with Crippen molar-refractivity contribution in [3.8, 4) is 28.7 Å². The molecule has 3 aromatic rings. The zero-order valence-corrected chi connectivity index (χ0v) is 22.0. The van der Waals surface area contributed by atoms with Gasteiger partial charge < -0.3 is 19.5 Å². The Labute approximate surface area is 221 Å². The molecule has 1 N–H and O–H groups in total. The molecule has 1 amide bonds. The standard InChI is InChI=1S/C29H30N2O5S/c1-4-6-7-16-36-24-12-8-20(9-13-24)17-22(18-30)27(32)31-28-26(29(33)35-5-2)25(19-37-28)21-10-14-23(34-3)15-11-21/h8-15,17,19H,4-7,16H2,1-3H3,(H,31,32). The topological polar surface area (TPSA) is 97.6 Å². The zero-order chi connectivity index (χ0) is 26.6. The van der Waals surface area contributed by atoms with Crippen LogP contribution >= 0.6 is 11.3 Å². The van der Waals surface area contributed by atoms with Crippen molar-refractivity contribution in [1.29, 1.82) is 5.26 Å². The van der Waals surface area contributed by atoms with E-state index < -0.39 is 11.9 Å². The number of esters is 1. The third-order valence-corrected chi connectivity index (χ3v) is 6.37. The van der Waals surface area contributed by atoms with Gasteiger partial charge in [-0.2, -0.15) is 5.26 Å². The summed E-state index contributed by atoms with van der Waals surface area (Å²) >= 11 is 1.19. The van der Waals surface area contributed by atoms with Crippen molar-refractivity contribution in [1.82, 2.24) is 0 Å². The van der Waals surface area contributed by atoms with Crippen molar-refractivity contribution in [2.45, 2.75) is 33.1 Å². The average Bonchev–Trinajstić information content (AvgIpc) is 3.34. The summed E-state index contributed by atoms with van der Waals surface area (Å²) < 4.78 is 16.2. The van der Waals surface area contributed by atoms with Crippen LogP contribution in [0.25, 0.3) is 17.2 Å². The molecule has 0 aliphatic carbocycles. The van der Waals surface area contributed by atoms with Gasteiger partial charge in [0.2, 0.25) is 0 Å². The van der Waals surface area contributed by atoms with Crippen molar-refractivity contribution in [2.24, 2.45) is 0 Å². The van der Waals surface area contributed by atoms with Crippen molar-refractivity contribution in [3.63, 3.8) is 0 Å². The maximum Gasteiger partial charge on any atom is 0.341 e. The number of benzene rings is 2. The second-order valence-corrected chi connectivity index (χ2v) is 8.93. The molecule has 0 unspecified atom stereocenters. The Morgan fingerprint density at radius 2 is 1.73 bits per heavy atom. The van der Waals surface area contributed by atoms with Gasteiger partial charge in [-0.15, -0.1) is 11.3 Å². The first-order valence-corrected chi connectivity index (χ1v) is 13.0. The van der Waals surface area contributed by atoms with Crippen LogP contribution in [0.4, 0.5) is 5.00 Å². The molecule has 0 bridgehead atoms. The number of hydrogen-bond donors (Lipinski definition) is 1. The van der Waals surface area contributed by atoms with E-state index in [-0.39, 0.29) is 17.7 Å². The van der Waals surface area contributed by atoms with Gasteiger partial charge in [0.25, 0.3) is 5.91 Å². The third kappa shape index (κ3) is 7.45. The molecule has 0 aliphatic heterocycles. The number of rotatable bonds is 12. The van der Waals surface area contributed by atoms with Crippen LogP contribution < -0.4 is 14.8 Å². The quantitative estimate of drug-likeness (QED) is 0.124. The van der Waals surface area contributed by atoms with E-state index in [1.165, 1.54) is 17.4 Å². The first-order chi connectivity index (χ1) is 18.0. The fraction of sp³-hybridized carbons (Fsp3) is 0.276. The Morgan fingerprint density at radius 1 is 1.03 bits per heavy atom. The minimum atomic E-state index is -0.615. The Hall–Kier alpha value is -4.09. The van der Waals surface area contributed by atoms with Crippen LogP contribution in [0.5, 0.6) is 11.5 Å². The number of amides is 1. The lowest BCUT2D eigenvalue weighted by atomic mass is 10.0. The Balaban J connectivity index is 1.81. The summed E-state index contributed by atoms with van der Waals surface area (Å²) in [4.78, 5) is 25.8. The second kappa shape index (κ2) is 13.9. The van der Waals surface area contributed by atoms with E-state index in [1.807, 2.05) is 30.3 Å². The Bertz CT molecular complexity index is 1270. The molecule has 2 aromatic carbocycles. The fourth-order valence-corrected chi connectivity index (χ4v) is 4.48. The number of carbonyl (C=O) groups excluding carboxylic acids is 2. The highest BCUT2D eigenvalue weighted by Crippen LogP contribution is 2.37. The summed E-state index contributed by atoms with van der Waals surface area (Å²) in [7, 11) is 1.58. The fourth-order valence-electron chi connectivity index (χ4n) is 3.53. The van der Waals surface area contributed by atoms with Gasteiger partial charge in [0, 0.05) is 10.9 Å². The lowest BCUT2D eigenvalue weighted by Gasteiger charge is -2.09. The molecule has 7 nitrogen and oxygen atoms in total. The number of ether oxygens (including phenoxy) is 3. The molecule has 37 heavy (non-hydrogen) atoms. The molecule has 1 heterocycles. The normalized spacial score (nSPS) is 10.9. The molecule has 0 aliphatic rings. The average molecular weight is 519 g/mol. The van der Waals surface area contributed by atoms with E-state index in [9.17, 15) is 14.9 Å². The van der Waals surface area contributed by atoms with Crippen molar-refractivity contribution >= 4 is 34.3 Å². The van der Waals surface area contributed by atoms with Crippen LogP contribution in [0.15, 0.2) is 59.5 Å². The minimum Gasteiger partial charge on any atom is -0.497 e. The van der Waals surface area contributed by atoms with Gasteiger partial charge in [-0.25, -0.2) is 4.79 Å². The molecule has 3 rings (SSSR count). The molecule has 0 spiro atoms. The molecular weight excluding hydrogens is 488 g/mol. The highest BCUT2D eigenvalue weighted by Gasteiger charge is 2.24. The molecule has 0 saturated carbocycles. The van der Waals surface area contributed by atoms with Crippen molar-refractivity contribution in [3.05, 3.63) is 70.6 Å². The summed E-state index contributed by atoms with van der Waals surface area (Å²) in [5.41, 5.74) is 2.23. The minimum absolute atomic E-state index is 0.0918. The lowest BCUT2D eigenvalue weighted by Crippen LogP contribution is -2.16. The number of anilines is 1. The molecule has 0 fully saturated rings. The van der Waals surface area contributed by atoms with Crippen LogP contribution in [0.3, 0.4) is 0 Å². The molecule has 1 aromatic heterocycles. The largest absolute Gasteiger partial charge is 0.497 e. The van der Waals surface area contributed by atoms with Crippen molar-refractivity contribution < 1.29 is 23.8 Å². The number of unbranched alkanes of at least 4 members (excludes halogenated alkanes) is 2. The van der Waals surface area contributed by atoms with Gasteiger partial charge in [-0.1, -0.05) is 44.0 Å². The van der Waals surface area contributed by atoms with E-state index in [4.69, 9.17) is 14.2 Å². The molecule has 192 valence electrons. The van der Waals surface area contributed by atoms with E-state index in [1.54, 1.807) is 43.7 Å². The van der Waals surface area contributed by atoms with Gasteiger partial charge >= 0.3 is 5.97 Å². The first-order valence-electron chi connectivity index (χ1n) is 12.1. The van der Waals surface area contributed by atoms with Crippen LogP contribution in [0.2, 0.25) is 0 Å². The molecular formula is C29H30N2O5S. The third-order valence-electron chi connectivity index (χ3n) is 5.47. The second-order valence-electron chi connectivity index (χ2n) is 8.05. The molecule has 0 radical (unpaired) electrons. The van der Waals surface area contributed by atoms with Gasteiger partial charge in [0.15, 0.2) is 0 Å². The van der Waals surface area contributed by atoms with Gasteiger partial charge in [0.1, 0.15) is 33.7 Å². The predicted octanol–water partition coefficient (Wildman–Crippen LogP) is 6.72. The lowest BCUT2D eigenvalue weighted by molar-refractivity contribution is -0.112. The number of carbonyl (C=O) groups is 2. The van der Waals surface area contributed by atoms with Crippen LogP contribution in [-0.4, -0.2) is 32.2 Å². The van der Waals surface area contributed by atoms with E-state index in [2.05, 4.69) is 12.2 Å². The Morgan fingerprint density at radius 3 is 2.35 bits per heavy atom. The number of thiophene rings is 1. The summed E-state index contributed by atoms with van der Waals surface area (Å²) in [5, 5.41) is 14.5. The monoisotopic (exact) mass is 518 g/mol. The van der Waals surface area contributed by atoms with Gasteiger partial charge in [-0.05, 0) is 54.8 Å². The number of methoxy groups -OCH3 is 1. The first kappa shape index (κ1) is 27.5. The van der Waals surface area contributed by atoms with E-state index in [0.29, 0.717) is 28.5 Å². The molecule has 0 atom stereocenters. The van der Waals surface area contributed by atoms with E-state index >= 15 is 0 Å². The summed E-state index contributed by atoms with van der Waals surface area (Å²) in [6.07, 6.45) is 4.73. The zero-order valence-electron chi connectivity index (χ0n) is 21.2. The number of nitriles is 1. The summed E-state index contributed by atoms with van der Waals surface area (Å²) in [5.74, 6) is 0.253. The SMILES string of the molecule is CCCCCOc1ccc(C=C(C#N)C(=O)Nc2scc(-c3ccc(OC)cc3)c2C(=O)OCC)cc1. The molecule has 0 saturated heterocycles. The summed E-state index contributed by atoms with van der Waals surface area (Å²) in [6.45, 7) is 4.69. The van der Waals surface area contributed by atoms with Crippen molar-refractivity contribution in [2.75, 3.05) is 25.6 Å². The predicted molar refractivity (Wildman–Crippen MR) is 146 cm³/mol.